The van der Waals surface area contributed by atoms with Crippen LogP contribution in [0.5, 0.6) is 0 Å². The number of anilines is 1. The number of β-lactam (4-membered cyclic amide) rings is 1. The maximum Gasteiger partial charge on any atom is 0.352 e. The van der Waals surface area contributed by atoms with E-state index in [1.165, 1.54) is 23.8 Å². The molecule has 1 aromatic heterocycles. The number of oxime groups is 1. The number of thioether (sulfide) groups is 1. The summed E-state index contributed by atoms with van der Waals surface area (Å²) in [7, 11) is 1.28. The van der Waals surface area contributed by atoms with Crippen LogP contribution in [-0.4, -0.2) is 62.8 Å². The summed E-state index contributed by atoms with van der Waals surface area (Å²) in [6.45, 7) is 1.77. The average Bonchev–Trinajstić information content (AvgIpc) is 3.09. The number of aromatic nitrogens is 1. The van der Waals surface area contributed by atoms with Crippen LogP contribution < -0.4 is 11.1 Å². The van der Waals surface area contributed by atoms with Gasteiger partial charge in [0.05, 0.1) is 0 Å². The third kappa shape index (κ3) is 3.47. The van der Waals surface area contributed by atoms with Crippen molar-refractivity contribution in [3.05, 3.63) is 34.5 Å². The zero-order valence-electron chi connectivity index (χ0n) is 14.9. The second-order valence-corrected chi connectivity index (χ2v) is 7.73. The van der Waals surface area contributed by atoms with Crippen molar-refractivity contribution in [1.82, 2.24) is 15.2 Å². The van der Waals surface area contributed by atoms with Crippen LogP contribution in [0.1, 0.15) is 12.6 Å². The van der Waals surface area contributed by atoms with Crippen molar-refractivity contribution >= 4 is 51.7 Å². The van der Waals surface area contributed by atoms with E-state index in [9.17, 15) is 19.5 Å². The van der Waals surface area contributed by atoms with Gasteiger partial charge >= 0.3 is 5.97 Å². The molecule has 0 bridgehead atoms. The van der Waals surface area contributed by atoms with Gasteiger partial charge in [-0.1, -0.05) is 17.3 Å². The maximum absolute atomic E-state index is 12.6. The van der Waals surface area contributed by atoms with Crippen molar-refractivity contribution in [3.8, 4) is 0 Å². The first-order valence-corrected chi connectivity index (χ1v) is 9.99. The highest BCUT2D eigenvalue weighted by Crippen LogP contribution is 2.40. The Morgan fingerprint density at radius 3 is 2.86 bits per heavy atom. The standard InChI is InChI=1S/C16H17N5O5S2/c1-3-4-7-5-27-14-10(13(23)21(14)11(7)15(24)25)19-12(22)9(20-26-2)8-6-28-16(17)18-8/h3-4,6,10,14H,5H2,1-2H3,(H2,17,18)(H,19,22)(H,24,25)/b4-3-,20-9-/t10?,14-/m1/s1. The van der Waals surface area contributed by atoms with Crippen molar-refractivity contribution in [3.63, 3.8) is 0 Å². The first-order valence-electron chi connectivity index (χ1n) is 8.06. The predicted molar refractivity (Wildman–Crippen MR) is 105 cm³/mol. The summed E-state index contributed by atoms with van der Waals surface area (Å²) in [6.07, 6.45) is 3.39. The molecule has 0 radical (unpaired) electrons. The molecule has 12 heteroatoms. The van der Waals surface area contributed by atoms with Gasteiger partial charge in [-0.2, -0.15) is 0 Å². The SMILES string of the molecule is C/C=C\C1=C(C(=O)O)N2C(=O)C(NC(=O)/C(=N\OC)c3csc(N)n3)[C@H]2SC1. The van der Waals surface area contributed by atoms with Crippen molar-refractivity contribution < 1.29 is 24.3 Å². The number of allylic oxidation sites excluding steroid dienone is 2. The molecular weight excluding hydrogens is 406 g/mol. The van der Waals surface area contributed by atoms with Gasteiger partial charge in [-0.25, -0.2) is 9.78 Å². The molecule has 3 rings (SSSR count). The van der Waals surface area contributed by atoms with Crippen LogP contribution in [-0.2, 0) is 19.2 Å². The molecule has 2 aliphatic rings. The fourth-order valence-electron chi connectivity index (χ4n) is 2.87. The van der Waals surface area contributed by atoms with E-state index in [0.29, 0.717) is 11.3 Å². The van der Waals surface area contributed by atoms with Gasteiger partial charge in [0.25, 0.3) is 11.8 Å². The van der Waals surface area contributed by atoms with Gasteiger partial charge in [-0.05, 0) is 12.5 Å². The Kier molecular flexibility index (Phi) is 5.70. The Labute approximate surface area is 168 Å². The molecule has 0 aromatic carbocycles. The number of nitrogens with one attached hydrogen (secondary N) is 1. The molecule has 2 atom stereocenters. The van der Waals surface area contributed by atoms with Crippen LogP contribution in [0, 0.1) is 0 Å². The van der Waals surface area contributed by atoms with Crippen molar-refractivity contribution in [1.29, 1.82) is 0 Å². The summed E-state index contributed by atoms with van der Waals surface area (Å²) >= 11 is 2.51. The number of thiazole rings is 1. The van der Waals surface area contributed by atoms with Crippen LogP contribution in [0.4, 0.5) is 5.13 Å². The van der Waals surface area contributed by atoms with Crippen LogP contribution in [0.2, 0.25) is 0 Å². The number of aliphatic carboxylic acids is 1. The smallest absolute Gasteiger partial charge is 0.352 e. The number of hydrogen-bond acceptors (Lipinski definition) is 9. The fourth-order valence-corrected chi connectivity index (χ4v) is 4.74. The molecule has 1 fully saturated rings. The molecular formula is C16H17N5O5S2. The normalized spacial score (nSPS) is 22.1. The van der Waals surface area contributed by atoms with E-state index in [1.54, 1.807) is 24.5 Å². The summed E-state index contributed by atoms with van der Waals surface area (Å²) in [4.78, 5) is 46.8. The van der Waals surface area contributed by atoms with Gasteiger partial charge in [-0.3, -0.25) is 14.5 Å². The van der Waals surface area contributed by atoms with Gasteiger partial charge in [-0.15, -0.1) is 23.1 Å². The molecule has 148 valence electrons. The summed E-state index contributed by atoms with van der Waals surface area (Å²) < 4.78 is 0. The molecule has 2 aliphatic heterocycles. The lowest BCUT2D eigenvalue weighted by molar-refractivity contribution is -0.150. The Bertz CT molecular complexity index is 922. The Morgan fingerprint density at radius 1 is 1.54 bits per heavy atom. The number of fused-ring (bicyclic) bond motifs is 1. The Hall–Kier alpha value is -2.86. The molecule has 1 unspecified atom stereocenters. The van der Waals surface area contributed by atoms with Crippen LogP contribution in [0.15, 0.2) is 34.0 Å². The third-order valence-electron chi connectivity index (χ3n) is 4.02. The van der Waals surface area contributed by atoms with E-state index >= 15 is 0 Å². The van der Waals surface area contributed by atoms with Crippen molar-refractivity contribution in [2.75, 3.05) is 18.6 Å². The quantitative estimate of drug-likeness (QED) is 0.338. The molecule has 2 amide bonds. The second-order valence-electron chi connectivity index (χ2n) is 5.73. The molecule has 0 spiro atoms. The minimum absolute atomic E-state index is 0.0598. The fraction of sp³-hybridized carbons (Fsp3) is 0.312. The Balaban J connectivity index is 1.80. The number of carboxylic acids is 1. The average molecular weight is 423 g/mol. The number of amides is 2. The minimum Gasteiger partial charge on any atom is -0.477 e. The Morgan fingerprint density at radius 2 is 2.29 bits per heavy atom. The molecule has 0 aliphatic carbocycles. The number of rotatable bonds is 6. The van der Waals surface area contributed by atoms with E-state index in [1.807, 2.05) is 0 Å². The highest BCUT2D eigenvalue weighted by Gasteiger charge is 2.54. The largest absolute Gasteiger partial charge is 0.477 e. The number of carbonyl (C=O) groups is 3. The van der Waals surface area contributed by atoms with E-state index in [4.69, 9.17) is 10.6 Å². The minimum atomic E-state index is -1.18. The van der Waals surface area contributed by atoms with Crippen molar-refractivity contribution in [2.45, 2.75) is 18.3 Å². The lowest BCUT2D eigenvalue weighted by Crippen LogP contribution is -2.71. The van der Waals surface area contributed by atoms with E-state index in [2.05, 4.69) is 15.5 Å². The zero-order valence-corrected chi connectivity index (χ0v) is 16.5. The van der Waals surface area contributed by atoms with Gasteiger partial charge in [0, 0.05) is 11.1 Å². The van der Waals surface area contributed by atoms with E-state index in [0.717, 1.165) is 11.3 Å². The van der Waals surface area contributed by atoms with Crippen LogP contribution in [0.3, 0.4) is 0 Å². The van der Waals surface area contributed by atoms with E-state index < -0.39 is 29.2 Å². The van der Waals surface area contributed by atoms with Crippen LogP contribution in [0.25, 0.3) is 0 Å². The molecule has 4 N–H and O–H groups in total. The third-order valence-corrected chi connectivity index (χ3v) is 5.99. The zero-order chi connectivity index (χ0) is 20.4. The first-order chi connectivity index (χ1) is 13.4. The van der Waals surface area contributed by atoms with Gasteiger partial charge < -0.3 is 21.0 Å². The molecule has 1 aromatic rings. The van der Waals surface area contributed by atoms with Crippen LogP contribution >= 0.6 is 23.1 Å². The number of carbonyl (C=O) groups excluding carboxylic acids is 2. The molecule has 3 heterocycles. The van der Waals surface area contributed by atoms with Crippen molar-refractivity contribution in [2.24, 2.45) is 5.16 Å². The van der Waals surface area contributed by atoms with Gasteiger partial charge in [0.1, 0.15) is 29.9 Å². The predicted octanol–water partition coefficient (Wildman–Crippen LogP) is 0.391. The number of nitrogen functional groups attached to an aromatic ring is 1. The monoisotopic (exact) mass is 423 g/mol. The highest BCUT2D eigenvalue weighted by atomic mass is 32.2. The lowest BCUT2D eigenvalue weighted by atomic mass is 10.0. The first kappa shape index (κ1) is 19.9. The molecule has 1 saturated heterocycles. The molecule has 28 heavy (non-hydrogen) atoms. The maximum atomic E-state index is 12.6. The van der Waals surface area contributed by atoms with E-state index in [-0.39, 0.29) is 22.2 Å². The molecule has 10 nitrogen and oxygen atoms in total. The summed E-state index contributed by atoms with van der Waals surface area (Å²) in [6, 6.07) is -0.878. The summed E-state index contributed by atoms with van der Waals surface area (Å²) in [5.74, 6) is -1.93. The topological polar surface area (TPSA) is 147 Å². The van der Waals surface area contributed by atoms with Gasteiger partial charge in [0.15, 0.2) is 10.8 Å². The summed E-state index contributed by atoms with van der Waals surface area (Å²) in [5, 5.41) is 17.1. The number of carboxylic acid groups (broad SMARTS) is 1. The number of nitrogens with two attached hydrogens (primary N) is 1. The molecule has 0 saturated carbocycles. The number of nitrogens with zero attached hydrogens (tertiary/aromatic N) is 3. The number of hydrogen-bond donors (Lipinski definition) is 3. The second kappa shape index (κ2) is 8.02. The highest BCUT2D eigenvalue weighted by molar-refractivity contribution is 8.00. The summed E-state index contributed by atoms with van der Waals surface area (Å²) in [5.41, 5.74) is 6.19. The van der Waals surface area contributed by atoms with Gasteiger partial charge in [0.2, 0.25) is 0 Å². The lowest BCUT2D eigenvalue weighted by Gasteiger charge is -2.49.